The van der Waals surface area contributed by atoms with E-state index in [0.717, 1.165) is 11.1 Å². The van der Waals surface area contributed by atoms with Crippen molar-refractivity contribution in [2.24, 2.45) is 0 Å². The van der Waals surface area contributed by atoms with Gasteiger partial charge in [0.2, 0.25) is 5.91 Å². The van der Waals surface area contributed by atoms with E-state index in [4.69, 9.17) is 21.1 Å². The van der Waals surface area contributed by atoms with Gasteiger partial charge in [-0.1, -0.05) is 49.7 Å². The predicted molar refractivity (Wildman–Crippen MR) is 97.5 cm³/mol. The van der Waals surface area contributed by atoms with Crippen molar-refractivity contribution in [2.45, 2.75) is 25.2 Å². The number of halogens is 1. The van der Waals surface area contributed by atoms with Crippen LogP contribution >= 0.6 is 11.6 Å². The van der Waals surface area contributed by atoms with E-state index >= 15 is 0 Å². The number of hydrogen-bond acceptors (Lipinski definition) is 4. The predicted octanol–water partition coefficient (Wildman–Crippen LogP) is 3.77. The first kappa shape index (κ1) is 17.7. The molecule has 1 N–H and O–H groups in total. The number of amides is 1. The van der Waals surface area contributed by atoms with Crippen LogP contribution in [0.15, 0.2) is 36.5 Å². The van der Waals surface area contributed by atoms with Gasteiger partial charge in [0.25, 0.3) is 0 Å². The van der Waals surface area contributed by atoms with Crippen molar-refractivity contribution in [1.29, 1.82) is 0 Å². The average Bonchev–Trinajstić information content (AvgIpc) is 2.55. The van der Waals surface area contributed by atoms with Gasteiger partial charge in [0.05, 0.1) is 26.5 Å². The van der Waals surface area contributed by atoms with Crippen molar-refractivity contribution < 1.29 is 14.3 Å². The van der Waals surface area contributed by atoms with E-state index in [-0.39, 0.29) is 5.91 Å². The van der Waals surface area contributed by atoms with E-state index in [1.807, 2.05) is 18.2 Å². The van der Waals surface area contributed by atoms with Crippen LogP contribution in [-0.4, -0.2) is 31.2 Å². The SMILES string of the molecule is COc1cc(Cl)ncc1NC(=O)C1(c2ccccc2C(C)C)COC1. The van der Waals surface area contributed by atoms with E-state index in [1.165, 1.54) is 13.3 Å². The first-order valence-corrected chi connectivity index (χ1v) is 8.54. The molecular weight excluding hydrogens is 340 g/mol. The summed E-state index contributed by atoms with van der Waals surface area (Å²) in [5.74, 6) is 0.656. The molecule has 0 atom stereocenters. The molecule has 1 aliphatic rings. The number of anilines is 1. The van der Waals surface area contributed by atoms with Crippen LogP contribution in [0.5, 0.6) is 5.75 Å². The Bertz CT molecular complexity index is 788. The minimum absolute atomic E-state index is 0.130. The van der Waals surface area contributed by atoms with Crippen LogP contribution < -0.4 is 10.1 Å². The van der Waals surface area contributed by atoms with Gasteiger partial charge < -0.3 is 14.8 Å². The number of carbonyl (C=O) groups excluding carboxylic acids is 1. The highest BCUT2D eigenvalue weighted by Gasteiger charge is 2.49. The standard InChI is InChI=1S/C19H21ClN2O3/c1-12(2)13-6-4-5-7-14(13)19(10-25-11-19)18(23)22-15-9-21-17(20)8-16(15)24-3/h4-9,12H,10-11H2,1-3H3,(H,22,23). The Balaban J connectivity index is 1.95. The van der Waals surface area contributed by atoms with Gasteiger partial charge in [-0.15, -0.1) is 0 Å². The summed E-state index contributed by atoms with van der Waals surface area (Å²) in [4.78, 5) is 17.2. The molecule has 132 valence electrons. The molecule has 0 saturated carbocycles. The molecule has 6 heteroatoms. The van der Waals surface area contributed by atoms with Crippen LogP contribution in [0.1, 0.15) is 30.9 Å². The zero-order chi connectivity index (χ0) is 18.0. The Morgan fingerprint density at radius 3 is 2.68 bits per heavy atom. The number of methoxy groups -OCH3 is 1. The fourth-order valence-corrected chi connectivity index (χ4v) is 3.22. The van der Waals surface area contributed by atoms with Gasteiger partial charge in [-0.05, 0) is 17.0 Å². The molecule has 1 amide bonds. The highest BCUT2D eigenvalue weighted by Crippen LogP contribution is 2.39. The number of ether oxygens (including phenoxy) is 2. The summed E-state index contributed by atoms with van der Waals surface area (Å²) in [6.45, 7) is 4.95. The van der Waals surface area contributed by atoms with E-state index in [2.05, 4.69) is 30.2 Å². The molecule has 0 unspecified atom stereocenters. The molecule has 1 aromatic carbocycles. The Morgan fingerprint density at radius 1 is 1.36 bits per heavy atom. The Kier molecular flexibility index (Phi) is 4.97. The van der Waals surface area contributed by atoms with Gasteiger partial charge in [0.1, 0.15) is 22.0 Å². The van der Waals surface area contributed by atoms with E-state index in [0.29, 0.717) is 35.7 Å². The zero-order valence-electron chi connectivity index (χ0n) is 14.5. The minimum atomic E-state index is -0.703. The Labute approximate surface area is 152 Å². The summed E-state index contributed by atoms with van der Waals surface area (Å²) in [6, 6.07) is 9.60. The Morgan fingerprint density at radius 2 is 2.08 bits per heavy atom. The summed E-state index contributed by atoms with van der Waals surface area (Å²) in [5, 5.41) is 3.24. The number of hydrogen-bond donors (Lipinski definition) is 1. The fraction of sp³-hybridized carbons (Fsp3) is 0.368. The Hall–Kier alpha value is -2.11. The third-order valence-electron chi connectivity index (χ3n) is 4.53. The van der Waals surface area contributed by atoms with Gasteiger partial charge in [-0.3, -0.25) is 4.79 Å². The van der Waals surface area contributed by atoms with Crippen molar-refractivity contribution in [3.8, 4) is 5.75 Å². The fourth-order valence-electron chi connectivity index (χ4n) is 3.07. The molecule has 0 bridgehead atoms. The van der Waals surface area contributed by atoms with Gasteiger partial charge in [-0.25, -0.2) is 4.98 Å². The minimum Gasteiger partial charge on any atom is -0.494 e. The highest BCUT2D eigenvalue weighted by atomic mass is 35.5. The van der Waals surface area contributed by atoms with Crippen molar-refractivity contribution in [1.82, 2.24) is 4.98 Å². The summed E-state index contributed by atoms with van der Waals surface area (Å²) >= 11 is 5.89. The summed E-state index contributed by atoms with van der Waals surface area (Å²) < 4.78 is 10.7. The lowest BCUT2D eigenvalue weighted by molar-refractivity contribution is -0.139. The topological polar surface area (TPSA) is 60.5 Å². The lowest BCUT2D eigenvalue weighted by atomic mass is 9.73. The van der Waals surface area contributed by atoms with E-state index in [1.54, 1.807) is 6.07 Å². The molecule has 1 aliphatic heterocycles. The molecule has 0 aliphatic carbocycles. The number of benzene rings is 1. The number of aromatic nitrogens is 1. The third kappa shape index (κ3) is 3.22. The second-order valence-corrected chi connectivity index (χ2v) is 6.87. The highest BCUT2D eigenvalue weighted by molar-refractivity contribution is 6.29. The van der Waals surface area contributed by atoms with Gasteiger partial charge >= 0.3 is 0 Å². The van der Waals surface area contributed by atoms with Gasteiger partial charge in [-0.2, -0.15) is 0 Å². The number of nitrogens with one attached hydrogen (secondary N) is 1. The van der Waals surface area contributed by atoms with Crippen molar-refractivity contribution in [3.63, 3.8) is 0 Å². The molecule has 1 aromatic heterocycles. The average molecular weight is 361 g/mol. The third-order valence-corrected chi connectivity index (χ3v) is 4.74. The second kappa shape index (κ2) is 7.02. The summed E-state index contributed by atoms with van der Waals surface area (Å²) in [7, 11) is 1.53. The lowest BCUT2D eigenvalue weighted by Gasteiger charge is -2.41. The molecule has 5 nitrogen and oxygen atoms in total. The number of carbonyl (C=O) groups is 1. The molecular formula is C19H21ClN2O3. The van der Waals surface area contributed by atoms with Crippen molar-refractivity contribution in [3.05, 3.63) is 52.8 Å². The lowest BCUT2D eigenvalue weighted by Crippen LogP contribution is -2.56. The van der Waals surface area contributed by atoms with Crippen molar-refractivity contribution >= 4 is 23.2 Å². The maximum Gasteiger partial charge on any atom is 0.239 e. The number of nitrogens with zero attached hydrogens (tertiary/aromatic N) is 1. The first-order chi connectivity index (χ1) is 12.0. The molecule has 2 heterocycles. The number of pyridine rings is 1. The molecule has 1 saturated heterocycles. The van der Waals surface area contributed by atoms with Gasteiger partial charge in [0.15, 0.2) is 0 Å². The quantitative estimate of drug-likeness (QED) is 0.824. The monoisotopic (exact) mass is 360 g/mol. The normalized spacial score (nSPS) is 15.6. The largest absolute Gasteiger partial charge is 0.494 e. The molecule has 0 radical (unpaired) electrons. The van der Waals surface area contributed by atoms with Crippen LogP contribution in [-0.2, 0) is 14.9 Å². The molecule has 2 aromatic rings. The molecule has 25 heavy (non-hydrogen) atoms. The molecule has 0 spiro atoms. The maximum atomic E-state index is 13.1. The van der Waals surface area contributed by atoms with Crippen LogP contribution in [0.4, 0.5) is 5.69 Å². The summed E-state index contributed by atoms with van der Waals surface area (Å²) in [5.41, 5.74) is 1.95. The van der Waals surface area contributed by atoms with Crippen LogP contribution in [0.3, 0.4) is 0 Å². The smallest absolute Gasteiger partial charge is 0.239 e. The van der Waals surface area contributed by atoms with Gasteiger partial charge in [0, 0.05) is 6.07 Å². The number of rotatable bonds is 5. The van der Waals surface area contributed by atoms with E-state index in [9.17, 15) is 4.79 Å². The van der Waals surface area contributed by atoms with E-state index < -0.39 is 5.41 Å². The van der Waals surface area contributed by atoms with Crippen LogP contribution in [0, 0.1) is 0 Å². The van der Waals surface area contributed by atoms with Crippen LogP contribution in [0.2, 0.25) is 5.15 Å². The summed E-state index contributed by atoms with van der Waals surface area (Å²) in [6.07, 6.45) is 1.50. The van der Waals surface area contributed by atoms with Crippen LogP contribution in [0.25, 0.3) is 0 Å². The second-order valence-electron chi connectivity index (χ2n) is 6.48. The van der Waals surface area contributed by atoms with Crippen molar-refractivity contribution in [2.75, 3.05) is 25.6 Å². The zero-order valence-corrected chi connectivity index (χ0v) is 15.3. The first-order valence-electron chi connectivity index (χ1n) is 8.16. The molecule has 1 fully saturated rings. The molecule has 3 rings (SSSR count). The maximum absolute atomic E-state index is 13.1.